The maximum absolute atomic E-state index is 11.1. The number of nitrogens with zero attached hydrogens (tertiary/aromatic N) is 1. The quantitative estimate of drug-likeness (QED) is 0.448. The van der Waals surface area contributed by atoms with Crippen LogP contribution in [0.3, 0.4) is 0 Å². The molecule has 90 valence electrons. The van der Waals surface area contributed by atoms with Crippen LogP contribution in [0, 0.1) is 0 Å². The number of furan rings is 1. The summed E-state index contributed by atoms with van der Waals surface area (Å²) in [6.07, 6.45) is 1.57. The van der Waals surface area contributed by atoms with Crippen molar-refractivity contribution in [2.45, 2.75) is 13.2 Å². The highest BCUT2D eigenvalue weighted by atomic mass is 16.5. The Morgan fingerprint density at radius 2 is 2.29 bits per heavy atom. The first-order chi connectivity index (χ1) is 8.29. The Morgan fingerprint density at radius 1 is 1.47 bits per heavy atom. The summed E-state index contributed by atoms with van der Waals surface area (Å²) in [6.45, 7) is 0.525. The minimum absolute atomic E-state index is 0.115. The van der Waals surface area contributed by atoms with Crippen molar-refractivity contribution in [3.63, 3.8) is 0 Å². The van der Waals surface area contributed by atoms with E-state index < -0.39 is 5.91 Å². The van der Waals surface area contributed by atoms with Gasteiger partial charge in [0.15, 0.2) is 11.5 Å². The Bertz CT molecular complexity index is 477. The van der Waals surface area contributed by atoms with Gasteiger partial charge in [-0.1, -0.05) is 5.16 Å². The summed E-state index contributed by atoms with van der Waals surface area (Å²) >= 11 is 0. The zero-order valence-electron chi connectivity index (χ0n) is 8.88. The lowest BCUT2D eigenvalue weighted by molar-refractivity contribution is 0.0762. The Kier molecular flexibility index (Phi) is 3.53. The number of hydrazine groups is 1. The molecule has 0 saturated heterocycles. The number of amides is 1. The van der Waals surface area contributed by atoms with Crippen molar-refractivity contribution < 1.29 is 18.5 Å². The van der Waals surface area contributed by atoms with Gasteiger partial charge in [-0.3, -0.25) is 10.2 Å². The molecule has 0 atom stereocenters. The Labute approximate surface area is 96.5 Å². The summed E-state index contributed by atoms with van der Waals surface area (Å²) in [4.78, 5) is 11.1. The monoisotopic (exact) mass is 237 g/mol. The first-order valence-corrected chi connectivity index (χ1v) is 4.86. The van der Waals surface area contributed by atoms with Crippen LogP contribution in [0.1, 0.15) is 22.0 Å². The number of nitrogen functional groups attached to an aromatic ring is 1. The van der Waals surface area contributed by atoms with Crippen LogP contribution >= 0.6 is 0 Å². The first kappa shape index (κ1) is 11.4. The fourth-order valence-corrected chi connectivity index (χ4v) is 1.21. The molecule has 0 aromatic carbocycles. The molecule has 0 spiro atoms. The molecule has 0 bridgehead atoms. The van der Waals surface area contributed by atoms with Crippen LogP contribution in [0.2, 0.25) is 0 Å². The predicted octanol–water partition coefficient (Wildman–Crippen LogP) is 0.588. The number of ether oxygens (including phenoxy) is 1. The van der Waals surface area contributed by atoms with Crippen molar-refractivity contribution in [1.82, 2.24) is 10.6 Å². The van der Waals surface area contributed by atoms with Gasteiger partial charge in [-0.25, -0.2) is 5.84 Å². The van der Waals surface area contributed by atoms with E-state index in [1.165, 1.54) is 6.07 Å². The van der Waals surface area contributed by atoms with Gasteiger partial charge in [0.1, 0.15) is 19.0 Å². The molecular weight excluding hydrogens is 226 g/mol. The third-order valence-electron chi connectivity index (χ3n) is 1.99. The number of carbonyl (C=O) groups is 1. The molecule has 0 aliphatic heterocycles. The summed E-state index contributed by atoms with van der Waals surface area (Å²) in [5.41, 5.74) is 2.07. The fraction of sp³-hybridized carbons (Fsp3) is 0.200. The van der Waals surface area contributed by atoms with E-state index in [9.17, 15) is 4.79 Å². The standard InChI is InChI=1S/C10H11N3O4/c11-12-10(14)9-4-8(17-13-9)6-15-5-7-2-1-3-16-7/h1-4H,5-6,11H2,(H,12,14). The number of hydrogen-bond donors (Lipinski definition) is 2. The lowest BCUT2D eigenvalue weighted by Crippen LogP contribution is -2.30. The van der Waals surface area contributed by atoms with Crippen molar-refractivity contribution in [2.75, 3.05) is 0 Å². The van der Waals surface area contributed by atoms with Crippen LogP contribution in [0.25, 0.3) is 0 Å². The third-order valence-corrected chi connectivity index (χ3v) is 1.99. The highest BCUT2D eigenvalue weighted by Gasteiger charge is 2.11. The van der Waals surface area contributed by atoms with E-state index in [0.29, 0.717) is 18.1 Å². The summed E-state index contributed by atoms with van der Waals surface area (Å²) in [5.74, 6) is 5.60. The molecular formula is C10H11N3O4. The van der Waals surface area contributed by atoms with Gasteiger partial charge >= 0.3 is 0 Å². The SMILES string of the molecule is NNC(=O)c1cc(COCc2ccco2)on1. The maximum atomic E-state index is 11.1. The summed E-state index contributed by atoms with van der Waals surface area (Å²) in [5, 5.41) is 3.53. The molecule has 2 aromatic heterocycles. The molecule has 1 amide bonds. The predicted molar refractivity (Wildman–Crippen MR) is 55.4 cm³/mol. The normalized spacial score (nSPS) is 10.4. The van der Waals surface area contributed by atoms with Gasteiger partial charge in [-0.15, -0.1) is 0 Å². The molecule has 2 heterocycles. The smallest absolute Gasteiger partial charge is 0.287 e. The highest BCUT2D eigenvalue weighted by molar-refractivity contribution is 5.91. The van der Waals surface area contributed by atoms with E-state index in [1.54, 1.807) is 18.4 Å². The molecule has 0 aliphatic rings. The number of aromatic nitrogens is 1. The number of carbonyl (C=O) groups excluding carboxylic acids is 1. The first-order valence-electron chi connectivity index (χ1n) is 4.86. The second-order valence-electron chi connectivity index (χ2n) is 3.22. The third kappa shape index (κ3) is 2.92. The number of nitrogens with one attached hydrogen (secondary N) is 1. The van der Waals surface area contributed by atoms with E-state index in [1.807, 2.05) is 5.43 Å². The average molecular weight is 237 g/mol. The van der Waals surface area contributed by atoms with Gasteiger partial charge in [0.2, 0.25) is 0 Å². The molecule has 0 fully saturated rings. The van der Waals surface area contributed by atoms with Crippen molar-refractivity contribution >= 4 is 5.91 Å². The second-order valence-corrected chi connectivity index (χ2v) is 3.22. The Hall–Kier alpha value is -2.12. The van der Waals surface area contributed by atoms with Gasteiger partial charge in [0.25, 0.3) is 5.91 Å². The van der Waals surface area contributed by atoms with E-state index in [-0.39, 0.29) is 12.3 Å². The van der Waals surface area contributed by atoms with Gasteiger partial charge in [-0.05, 0) is 12.1 Å². The molecule has 2 rings (SSSR count). The molecule has 7 nitrogen and oxygen atoms in total. The largest absolute Gasteiger partial charge is 0.467 e. The Morgan fingerprint density at radius 3 is 3.00 bits per heavy atom. The van der Waals surface area contributed by atoms with E-state index in [2.05, 4.69) is 5.16 Å². The van der Waals surface area contributed by atoms with Crippen LogP contribution in [0.15, 0.2) is 33.4 Å². The minimum Gasteiger partial charge on any atom is -0.467 e. The number of rotatable bonds is 5. The zero-order chi connectivity index (χ0) is 12.1. The topological polar surface area (TPSA) is 104 Å². The van der Waals surface area contributed by atoms with Crippen molar-refractivity contribution in [3.8, 4) is 0 Å². The molecule has 0 aliphatic carbocycles. The highest BCUT2D eigenvalue weighted by Crippen LogP contribution is 2.08. The molecule has 0 unspecified atom stereocenters. The lowest BCUT2D eigenvalue weighted by Gasteiger charge is -1.97. The molecule has 0 saturated carbocycles. The number of nitrogens with two attached hydrogens (primary N) is 1. The fourth-order valence-electron chi connectivity index (χ4n) is 1.21. The van der Waals surface area contributed by atoms with Gasteiger partial charge in [-0.2, -0.15) is 0 Å². The lowest BCUT2D eigenvalue weighted by atomic mass is 10.3. The minimum atomic E-state index is -0.508. The summed E-state index contributed by atoms with van der Waals surface area (Å²) in [7, 11) is 0. The van der Waals surface area contributed by atoms with Gasteiger partial charge in [0.05, 0.1) is 6.26 Å². The van der Waals surface area contributed by atoms with Crippen LogP contribution in [-0.4, -0.2) is 11.1 Å². The van der Waals surface area contributed by atoms with Crippen LogP contribution < -0.4 is 11.3 Å². The number of hydrogen-bond acceptors (Lipinski definition) is 6. The molecule has 2 aromatic rings. The summed E-state index contributed by atoms with van der Waals surface area (Å²) in [6, 6.07) is 5.04. The Balaban J connectivity index is 1.83. The maximum Gasteiger partial charge on any atom is 0.287 e. The molecule has 7 heteroatoms. The van der Waals surface area contributed by atoms with E-state index in [4.69, 9.17) is 19.5 Å². The van der Waals surface area contributed by atoms with Crippen LogP contribution in [0.4, 0.5) is 0 Å². The van der Waals surface area contributed by atoms with E-state index >= 15 is 0 Å². The van der Waals surface area contributed by atoms with Crippen LogP contribution in [0.5, 0.6) is 0 Å². The second kappa shape index (κ2) is 5.28. The molecule has 17 heavy (non-hydrogen) atoms. The zero-order valence-corrected chi connectivity index (χ0v) is 8.88. The van der Waals surface area contributed by atoms with Crippen LogP contribution in [-0.2, 0) is 18.0 Å². The van der Waals surface area contributed by atoms with E-state index in [0.717, 1.165) is 0 Å². The summed E-state index contributed by atoms with van der Waals surface area (Å²) < 4.78 is 15.3. The average Bonchev–Trinajstić information content (AvgIpc) is 2.99. The molecule has 3 N–H and O–H groups in total. The van der Waals surface area contributed by atoms with Gasteiger partial charge < -0.3 is 13.7 Å². The van der Waals surface area contributed by atoms with Crippen molar-refractivity contribution in [1.29, 1.82) is 0 Å². The van der Waals surface area contributed by atoms with Crippen molar-refractivity contribution in [3.05, 3.63) is 41.7 Å². The van der Waals surface area contributed by atoms with Crippen molar-refractivity contribution in [2.24, 2.45) is 5.84 Å². The molecule has 0 radical (unpaired) electrons. The van der Waals surface area contributed by atoms with Gasteiger partial charge in [0, 0.05) is 6.07 Å².